The lowest BCUT2D eigenvalue weighted by Gasteiger charge is -2.17. The number of para-hydroxylation sites is 1. The number of fused-ring (bicyclic) bond motifs is 2. The molecule has 0 bridgehead atoms. The summed E-state index contributed by atoms with van der Waals surface area (Å²) < 4.78 is 1.04. The van der Waals surface area contributed by atoms with Crippen LogP contribution >= 0.6 is 15.9 Å². The van der Waals surface area contributed by atoms with Crippen LogP contribution in [0.4, 0.5) is 5.95 Å². The predicted molar refractivity (Wildman–Crippen MR) is 71.0 cm³/mol. The summed E-state index contributed by atoms with van der Waals surface area (Å²) in [4.78, 5) is 11.5. The van der Waals surface area contributed by atoms with Crippen LogP contribution < -0.4 is 4.90 Å². The van der Waals surface area contributed by atoms with Crippen LogP contribution in [0.5, 0.6) is 0 Å². The fourth-order valence-electron chi connectivity index (χ4n) is 2.72. The first-order valence-corrected chi connectivity index (χ1v) is 6.77. The highest BCUT2D eigenvalue weighted by Gasteiger charge is 2.45. The lowest BCUT2D eigenvalue weighted by atomic mass is 10.2. The fourth-order valence-corrected chi connectivity index (χ4v) is 3.19. The molecule has 2 atom stereocenters. The molecule has 2 fully saturated rings. The zero-order valence-corrected chi connectivity index (χ0v) is 10.9. The summed E-state index contributed by atoms with van der Waals surface area (Å²) in [5.41, 5.74) is 1.01. The van der Waals surface area contributed by atoms with E-state index in [9.17, 15) is 0 Å². The Balaban J connectivity index is 1.78. The Morgan fingerprint density at radius 1 is 1.24 bits per heavy atom. The molecular formula is C13H12BrN3. The first kappa shape index (κ1) is 9.83. The molecule has 0 amide bonds. The number of hydrogen-bond donors (Lipinski definition) is 0. The van der Waals surface area contributed by atoms with Crippen molar-refractivity contribution in [3.05, 3.63) is 28.9 Å². The van der Waals surface area contributed by atoms with Crippen molar-refractivity contribution in [1.82, 2.24) is 9.97 Å². The highest BCUT2D eigenvalue weighted by atomic mass is 79.9. The minimum absolute atomic E-state index is 0.886. The number of rotatable bonds is 1. The van der Waals surface area contributed by atoms with Crippen molar-refractivity contribution in [1.29, 1.82) is 0 Å². The van der Waals surface area contributed by atoms with Gasteiger partial charge in [-0.25, -0.2) is 9.97 Å². The molecule has 0 N–H and O–H groups in total. The van der Waals surface area contributed by atoms with Crippen molar-refractivity contribution in [3.63, 3.8) is 0 Å². The van der Waals surface area contributed by atoms with E-state index in [4.69, 9.17) is 0 Å². The molecule has 0 radical (unpaired) electrons. The molecule has 4 rings (SSSR count). The van der Waals surface area contributed by atoms with Crippen molar-refractivity contribution >= 4 is 32.8 Å². The second kappa shape index (κ2) is 3.42. The minimum atomic E-state index is 0.886. The molecule has 3 nitrogen and oxygen atoms in total. The van der Waals surface area contributed by atoms with E-state index in [2.05, 4.69) is 30.8 Å². The molecule has 0 spiro atoms. The van der Waals surface area contributed by atoms with Crippen LogP contribution in [0.2, 0.25) is 0 Å². The normalized spacial score (nSPS) is 26.3. The molecule has 1 aromatic heterocycles. The van der Waals surface area contributed by atoms with Crippen molar-refractivity contribution in [2.24, 2.45) is 11.8 Å². The monoisotopic (exact) mass is 289 g/mol. The van der Waals surface area contributed by atoms with E-state index < -0.39 is 0 Å². The number of halogens is 1. The summed E-state index contributed by atoms with van der Waals surface area (Å²) in [6, 6.07) is 6.09. The average Bonchev–Trinajstić information content (AvgIpc) is 2.96. The number of piperidine rings is 1. The van der Waals surface area contributed by atoms with Crippen LogP contribution in [0.25, 0.3) is 10.9 Å². The standard InChI is InChI=1S/C13H12BrN3/c14-11-3-1-2-8-5-15-13(16-12(8)11)17-6-9-4-10(9)7-17/h1-3,5,9-10H,4,6-7H2. The second-order valence-electron chi connectivity index (χ2n) is 5.01. The molecule has 1 aliphatic carbocycles. The topological polar surface area (TPSA) is 29.0 Å². The van der Waals surface area contributed by atoms with Crippen LogP contribution in [0, 0.1) is 11.8 Å². The molecule has 4 heteroatoms. The largest absolute Gasteiger partial charge is 0.340 e. The summed E-state index contributed by atoms with van der Waals surface area (Å²) in [7, 11) is 0. The van der Waals surface area contributed by atoms with Crippen LogP contribution in [0.15, 0.2) is 28.9 Å². The quantitative estimate of drug-likeness (QED) is 0.808. The lowest BCUT2D eigenvalue weighted by Crippen LogP contribution is -2.23. The van der Waals surface area contributed by atoms with E-state index in [0.29, 0.717) is 0 Å². The zero-order chi connectivity index (χ0) is 11.4. The van der Waals surface area contributed by atoms with Gasteiger partial charge in [0.2, 0.25) is 5.95 Å². The molecule has 2 aromatic rings. The predicted octanol–water partition coefficient (Wildman–Crippen LogP) is 2.85. The van der Waals surface area contributed by atoms with Gasteiger partial charge in [-0.15, -0.1) is 0 Å². The molecule has 2 unspecified atom stereocenters. The van der Waals surface area contributed by atoms with Gasteiger partial charge in [0, 0.05) is 29.1 Å². The van der Waals surface area contributed by atoms with Crippen LogP contribution in [-0.4, -0.2) is 23.1 Å². The van der Waals surface area contributed by atoms with Gasteiger partial charge in [0.25, 0.3) is 0 Å². The maximum Gasteiger partial charge on any atom is 0.225 e. The van der Waals surface area contributed by atoms with Gasteiger partial charge in [-0.3, -0.25) is 0 Å². The second-order valence-corrected chi connectivity index (χ2v) is 5.86. The maximum atomic E-state index is 4.68. The van der Waals surface area contributed by atoms with Gasteiger partial charge >= 0.3 is 0 Å². The van der Waals surface area contributed by atoms with E-state index in [1.54, 1.807) is 0 Å². The van der Waals surface area contributed by atoms with Gasteiger partial charge in [0.1, 0.15) is 0 Å². The number of benzene rings is 1. The Kier molecular flexibility index (Phi) is 1.98. The number of anilines is 1. The molecule has 86 valence electrons. The third-order valence-corrected chi connectivity index (χ3v) is 4.45. The molecule has 1 saturated carbocycles. The minimum Gasteiger partial charge on any atom is -0.340 e. The van der Waals surface area contributed by atoms with E-state index in [1.807, 2.05) is 24.4 Å². The molecule has 1 saturated heterocycles. The summed E-state index contributed by atoms with van der Waals surface area (Å²) in [6.07, 6.45) is 3.33. The smallest absolute Gasteiger partial charge is 0.225 e. The third kappa shape index (κ3) is 1.54. The Morgan fingerprint density at radius 3 is 2.88 bits per heavy atom. The van der Waals surface area contributed by atoms with E-state index >= 15 is 0 Å². The van der Waals surface area contributed by atoms with Gasteiger partial charge in [0.05, 0.1) is 5.52 Å². The summed E-state index contributed by atoms with van der Waals surface area (Å²) in [6.45, 7) is 2.28. The van der Waals surface area contributed by atoms with Gasteiger partial charge in [-0.2, -0.15) is 0 Å². The van der Waals surface area contributed by atoms with Crippen molar-refractivity contribution in [2.45, 2.75) is 6.42 Å². The van der Waals surface area contributed by atoms with E-state index in [0.717, 1.165) is 46.2 Å². The first-order chi connectivity index (χ1) is 8.31. The lowest BCUT2D eigenvalue weighted by molar-refractivity contribution is 0.790. The summed E-state index contributed by atoms with van der Waals surface area (Å²) in [5.74, 6) is 2.71. The Bertz CT molecular complexity index is 588. The molecular weight excluding hydrogens is 278 g/mol. The zero-order valence-electron chi connectivity index (χ0n) is 9.31. The number of nitrogens with zero attached hydrogens (tertiary/aromatic N) is 3. The number of aromatic nitrogens is 2. The average molecular weight is 290 g/mol. The summed E-state index contributed by atoms with van der Waals surface area (Å²) >= 11 is 3.55. The third-order valence-electron chi connectivity index (χ3n) is 3.81. The van der Waals surface area contributed by atoms with E-state index in [1.165, 1.54) is 6.42 Å². The highest BCUT2D eigenvalue weighted by Crippen LogP contribution is 2.45. The van der Waals surface area contributed by atoms with Gasteiger partial charge in [-0.1, -0.05) is 12.1 Å². The Morgan fingerprint density at radius 2 is 2.06 bits per heavy atom. The van der Waals surface area contributed by atoms with Crippen molar-refractivity contribution in [3.8, 4) is 0 Å². The first-order valence-electron chi connectivity index (χ1n) is 5.97. The number of hydrogen-bond acceptors (Lipinski definition) is 3. The summed E-state index contributed by atoms with van der Waals surface area (Å²) in [5, 5.41) is 1.09. The van der Waals surface area contributed by atoms with Crippen LogP contribution in [0.1, 0.15) is 6.42 Å². The maximum absolute atomic E-state index is 4.68. The van der Waals surface area contributed by atoms with Crippen molar-refractivity contribution in [2.75, 3.05) is 18.0 Å². The molecule has 2 aliphatic rings. The molecule has 2 heterocycles. The SMILES string of the molecule is Brc1cccc2cnc(N3CC4CC4C3)nc12. The Labute approximate surface area is 108 Å². The fraction of sp³-hybridized carbons (Fsp3) is 0.385. The van der Waals surface area contributed by atoms with Crippen LogP contribution in [0.3, 0.4) is 0 Å². The van der Waals surface area contributed by atoms with Gasteiger partial charge < -0.3 is 4.90 Å². The van der Waals surface area contributed by atoms with E-state index in [-0.39, 0.29) is 0 Å². The van der Waals surface area contributed by atoms with Gasteiger partial charge in [-0.05, 0) is 40.3 Å². The van der Waals surface area contributed by atoms with Crippen LogP contribution in [-0.2, 0) is 0 Å². The molecule has 17 heavy (non-hydrogen) atoms. The van der Waals surface area contributed by atoms with Gasteiger partial charge in [0.15, 0.2) is 0 Å². The Hall–Kier alpha value is -1.16. The molecule has 1 aliphatic heterocycles. The molecule has 1 aromatic carbocycles. The highest BCUT2D eigenvalue weighted by molar-refractivity contribution is 9.10. The van der Waals surface area contributed by atoms with Crippen molar-refractivity contribution < 1.29 is 0 Å².